The third kappa shape index (κ3) is 1.48. The Morgan fingerprint density at radius 3 is 2.82 bits per heavy atom. The van der Waals surface area contributed by atoms with E-state index < -0.39 is 10.0 Å². The average Bonchev–Trinajstić information content (AvgIpc) is 2.60. The van der Waals surface area contributed by atoms with Crippen LogP contribution in [0.1, 0.15) is 12.8 Å². The van der Waals surface area contributed by atoms with Gasteiger partial charge in [-0.15, -0.1) is 4.40 Å². The lowest BCUT2D eigenvalue weighted by Gasteiger charge is -2.23. The van der Waals surface area contributed by atoms with Crippen LogP contribution in [0, 0.1) is 0 Å². The van der Waals surface area contributed by atoms with Crippen molar-refractivity contribution in [2.45, 2.75) is 17.7 Å². The molecule has 0 spiro atoms. The van der Waals surface area contributed by atoms with E-state index in [4.69, 9.17) is 11.6 Å². The average molecular weight is 271 g/mol. The fraction of sp³-hybridized carbons (Fsp3) is 0.200. The molecule has 2 aliphatic rings. The second kappa shape index (κ2) is 3.30. The lowest BCUT2D eigenvalue weighted by atomic mass is 10.3. The summed E-state index contributed by atoms with van der Waals surface area (Å²) in [5.41, 5.74) is 0.349. The van der Waals surface area contributed by atoms with Gasteiger partial charge in [-0.2, -0.15) is 8.42 Å². The Kier molecular flexibility index (Phi) is 2.08. The summed E-state index contributed by atoms with van der Waals surface area (Å²) in [4.78, 5) is 13.0. The second-order valence-electron chi connectivity index (χ2n) is 3.82. The third-order valence-electron chi connectivity index (χ3n) is 2.74. The zero-order valence-corrected chi connectivity index (χ0v) is 10.1. The number of carbonyl (C=O) groups excluding carboxylic acids is 1. The van der Waals surface area contributed by atoms with Gasteiger partial charge in [0.1, 0.15) is 10.7 Å². The molecule has 1 saturated heterocycles. The van der Waals surface area contributed by atoms with E-state index in [9.17, 15) is 13.2 Å². The van der Waals surface area contributed by atoms with Crippen LogP contribution in [0.4, 0.5) is 5.69 Å². The van der Waals surface area contributed by atoms with Crippen LogP contribution in [0.25, 0.3) is 0 Å². The van der Waals surface area contributed by atoms with Gasteiger partial charge >= 0.3 is 0 Å². The molecule has 1 aromatic rings. The van der Waals surface area contributed by atoms with E-state index in [1.54, 1.807) is 6.07 Å². The molecule has 88 valence electrons. The Balaban J connectivity index is 2.34. The monoisotopic (exact) mass is 270 g/mol. The van der Waals surface area contributed by atoms with Gasteiger partial charge in [-0.1, -0.05) is 11.6 Å². The molecular formula is C10H7ClN2O3S. The van der Waals surface area contributed by atoms with Gasteiger partial charge < -0.3 is 0 Å². The summed E-state index contributed by atoms with van der Waals surface area (Å²) >= 11 is 5.77. The first-order chi connectivity index (χ1) is 7.99. The van der Waals surface area contributed by atoms with Crippen LogP contribution in [0.15, 0.2) is 27.5 Å². The fourth-order valence-electron chi connectivity index (χ4n) is 2.01. The highest BCUT2D eigenvalue weighted by molar-refractivity contribution is 7.90. The molecule has 0 unspecified atom stereocenters. The minimum Gasteiger partial charge on any atom is -0.274 e. The Morgan fingerprint density at radius 1 is 1.29 bits per heavy atom. The van der Waals surface area contributed by atoms with Gasteiger partial charge in [-0.25, -0.2) is 0 Å². The van der Waals surface area contributed by atoms with Gasteiger partial charge in [0.2, 0.25) is 5.91 Å². The van der Waals surface area contributed by atoms with Gasteiger partial charge in [-0.05, 0) is 18.2 Å². The number of hydrogen-bond donors (Lipinski definition) is 0. The van der Waals surface area contributed by atoms with Crippen LogP contribution < -0.4 is 4.90 Å². The maximum absolute atomic E-state index is 11.9. The molecule has 17 heavy (non-hydrogen) atoms. The number of amidine groups is 1. The molecule has 0 radical (unpaired) electrons. The number of hydrogen-bond acceptors (Lipinski definition) is 3. The molecule has 3 rings (SSSR count). The van der Waals surface area contributed by atoms with Gasteiger partial charge in [0.05, 0.1) is 5.69 Å². The van der Waals surface area contributed by atoms with Crippen molar-refractivity contribution in [1.29, 1.82) is 0 Å². The zero-order chi connectivity index (χ0) is 12.2. The molecule has 2 heterocycles. The van der Waals surface area contributed by atoms with Crippen molar-refractivity contribution < 1.29 is 13.2 Å². The van der Waals surface area contributed by atoms with Gasteiger partial charge in [-0.3, -0.25) is 9.69 Å². The summed E-state index contributed by atoms with van der Waals surface area (Å²) < 4.78 is 27.4. The van der Waals surface area contributed by atoms with E-state index in [0.29, 0.717) is 23.0 Å². The lowest BCUT2D eigenvalue weighted by molar-refractivity contribution is -0.116. The van der Waals surface area contributed by atoms with Crippen LogP contribution in [-0.4, -0.2) is 20.2 Å². The summed E-state index contributed by atoms with van der Waals surface area (Å²) in [5, 5.41) is 0.303. The minimum atomic E-state index is -3.73. The smallest absolute Gasteiger partial charge is 0.274 e. The third-order valence-corrected chi connectivity index (χ3v) is 4.31. The number of anilines is 1. The zero-order valence-electron chi connectivity index (χ0n) is 8.55. The summed E-state index contributed by atoms with van der Waals surface area (Å²) in [6.45, 7) is 0. The fourth-order valence-corrected chi connectivity index (χ4v) is 3.50. The number of halogens is 1. The predicted octanol–water partition coefficient (Wildman–Crippen LogP) is 1.57. The quantitative estimate of drug-likeness (QED) is 0.719. The Hall–Kier alpha value is -1.40. The standard InChI is InChI=1S/C10H7ClN2O3S/c11-6-1-2-7-8(5-6)17(15,16)12-9-3-4-10(14)13(7)9/h1-2,5H,3-4H2. The van der Waals surface area contributed by atoms with E-state index >= 15 is 0 Å². The molecule has 1 fully saturated rings. The molecular weight excluding hydrogens is 264 g/mol. The predicted molar refractivity (Wildman–Crippen MR) is 62.8 cm³/mol. The summed E-state index contributed by atoms with van der Waals surface area (Å²) in [7, 11) is -3.73. The second-order valence-corrected chi connectivity index (χ2v) is 5.83. The first-order valence-electron chi connectivity index (χ1n) is 4.95. The van der Waals surface area contributed by atoms with E-state index in [-0.39, 0.29) is 17.2 Å². The molecule has 0 atom stereocenters. The van der Waals surface area contributed by atoms with Gasteiger partial charge in [0.15, 0.2) is 0 Å². The van der Waals surface area contributed by atoms with Crippen LogP contribution in [0.3, 0.4) is 0 Å². The number of sulfonamides is 1. The van der Waals surface area contributed by atoms with Crippen molar-refractivity contribution in [3.8, 4) is 0 Å². The first kappa shape index (κ1) is 10.7. The molecule has 0 bridgehead atoms. The van der Waals surface area contributed by atoms with Crippen molar-refractivity contribution in [2.75, 3.05) is 4.90 Å². The highest BCUT2D eigenvalue weighted by Crippen LogP contribution is 2.37. The molecule has 1 aromatic carbocycles. The molecule has 0 aliphatic carbocycles. The normalized spacial score (nSPS) is 20.9. The van der Waals surface area contributed by atoms with Crippen molar-refractivity contribution in [3.63, 3.8) is 0 Å². The van der Waals surface area contributed by atoms with Crippen LogP contribution in [0.2, 0.25) is 5.02 Å². The van der Waals surface area contributed by atoms with Crippen LogP contribution >= 0.6 is 11.6 Å². The maximum atomic E-state index is 11.9. The van der Waals surface area contributed by atoms with Crippen LogP contribution in [0.5, 0.6) is 0 Å². The van der Waals surface area contributed by atoms with Crippen molar-refractivity contribution in [1.82, 2.24) is 0 Å². The number of carbonyl (C=O) groups is 1. The Morgan fingerprint density at radius 2 is 2.06 bits per heavy atom. The molecule has 1 amide bonds. The van der Waals surface area contributed by atoms with E-state index in [1.165, 1.54) is 17.0 Å². The van der Waals surface area contributed by atoms with E-state index in [0.717, 1.165) is 0 Å². The largest absolute Gasteiger partial charge is 0.286 e. The van der Waals surface area contributed by atoms with Crippen molar-refractivity contribution >= 4 is 39.1 Å². The van der Waals surface area contributed by atoms with Crippen molar-refractivity contribution in [2.24, 2.45) is 4.40 Å². The highest BCUT2D eigenvalue weighted by Gasteiger charge is 2.38. The van der Waals surface area contributed by atoms with Crippen LogP contribution in [-0.2, 0) is 14.8 Å². The number of benzene rings is 1. The Labute approximate surface area is 103 Å². The summed E-state index contributed by atoms with van der Waals surface area (Å²) in [5.74, 6) is 0.159. The summed E-state index contributed by atoms with van der Waals surface area (Å²) in [6, 6.07) is 4.41. The molecule has 0 N–H and O–H groups in total. The van der Waals surface area contributed by atoms with E-state index in [2.05, 4.69) is 4.40 Å². The summed E-state index contributed by atoms with van der Waals surface area (Å²) in [6.07, 6.45) is 0.649. The SMILES string of the molecule is O=C1CCC2=NS(=O)(=O)c3cc(Cl)ccc3N12. The topological polar surface area (TPSA) is 66.8 Å². The molecule has 5 nitrogen and oxygen atoms in total. The Bertz CT molecular complexity index is 666. The number of amides is 1. The van der Waals surface area contributed by atoms with Gasteiger partial charge in [0.25, 0.3) is 10.0 Å². The highest BCUT2D eigenvalue weighted by atomic mass is 35.5. The lowest BCUT2D eigenvalue weighted by Crippen LogP contribution is -2.33. The maximum Gasteiger partial charge on any atom is 0.286 e. The minimum absolute atomic E-state index is 0.0102. The molecule has 0 aromatic heterocycles. The van der Waals surface area contributed by atoms with E-state index in [1.807, 2.05) is 0 Å². The molecule has 0 saturated carbocycles. The molecule has 7 heteroatoms. The number of rotatable bonds is 0. The first-order valence-corrected chi connectivity index (χ1v) is 6.77. The molecule has 2 aliphatic heterocycles. The van der Waals surface area contributed by atoms with Gasteiger partial charge in [0, 0.05) is 17.9 Å². The number of fused-ring (bicyclic) bond motifs is 3. The van der Waals surface area contributed by atoms with Crippen molar-refractivity contribution in [3.05, 3.63) is 23.2 Å². The number of nitrogens with zero attached hydrogens (tertiary/aromatic N) is 2.